The van der Waals surface area contributed by atoms with Gasteiger partial charge in [-0.05, 0) is 57.6 Å². The molecule has 2 N–H and O–H groups in total. The molecule has 1 aromatic heterocycles. The van der Waals surface area contributed by atoms with E-state index in [0.717, 1.165) is 24.9 Å². The molecular formula is C21H30N4O3. The van der Waals surface area contributed by atoms with E-state index < -0.39 is 5.60 Å². The van der Waals surface area contributed by atoms with Crippen LogP contribution in [0, 0.1) is 11.3 Å². The third kappa shape index (κ3) is 3.10. The summed E-state index contributed by atoms with van der Waals surface area (Å²) in [4.78, 5) is 33.4. The van der Waals surface area contributed by atoms with Gasteiger partial charge >= 0.3 is 6.09 Å². The monoisotopic (exact) mass is 386 g/mol. The number of aromatic nitrogens is 1. The van der Waals surface area contributed by atoms with Crippen molar-refractivity contribution in [2.24, 2.45) is 11.3 Å². The number of rotatable bonds is 2. The maximum absolute atomic E-state index is 12.8. The number of amides is 2. The van der Waals surface area contributed by atoms with Gasteiger partial charge in [0.1, 0.15) is 11.4 Å². The highest BCUT2D eigenvalue weighted by Crippen LogP contribution is 2.57. The molecule has 28 heavy (non-hydrogen) atoms. The van der Waals surface area contributed by atoms with Crippen molar-refractivity contribution in [1.29, 1.82) is 0 Å². The SMILES string of the molecule is CCC1C2CC3(CC(=O)N(c4ccc(N)nc4)C3)CC2N1C(=O)OC(C)(C)C. The highest BCUT2D eigenvalue weighted by molar-refractivity contribution is 5.96. The number of likely N-dealkylation sites (tertiary alicyclic amines) is 1. The lowest BCUT2D eigenvalue weighted by Gasteiger charge is -2.52. The largest absolute Gasteiger partial charge is 0.444 e. The summed E-state index contributed by atoms with van der Waals surface area (Å²) >= 11 is 0. The minimum absolute atomic E-state index is 0.0714. The molecule has 3 fully saturated rings. The molecule has 4 atom stereocenters. The van der Waals surface area contributed by atoms with Gasteiger partial charge in [0.2, 0.25) is 5.91 Å². The number of fused-ring (bicyclic) bond motifs is 1. The van der Waals surface area contributed by atoms with Gasteiger partial charge in [0.05, 0.1) is 11.9 Å². The van der Waals surface area contributed by atoms with Crippen LogP contribution < -0.4 is 10.6 Å². The topological polar surface area (TPSA) is 88.8 Å². The van der Waals surface area contributed by atoms with Crippen LogP contribution in [0.1, 0.15) is 53.4 Å². The summed E-state index contributed by atoms with van der Waals surface area (Å²) in [6, 6.07) is 3.96. The van der Waals surface area contributed by atoms with Crippen LogP contribution in [-0.4, -0.2) is 46.1 Å². The van der Waals surface area contributed by atoms with E-state index in [1.54, 1.807) is 12.3 Å². The third-order valence-corrected chi connectivity index (χ3v) is 6.44. The molecule has 4 rings (SSSR count). The van der Waals surface area contributed by atoms with Crippen LogP contribution in [0.25, 0.3) is 0 Å². The quantitative estimate of drug-likeness (QED) is 0.843. The van der Waals surface area contributed by atoms with Crippen LogP contribution >= 0.6 is 0 Å². The zero-order valence-electron chi connectivity index (χ0n) is 17.1. The Bertz CT molecular complexity index is 788. The molecule has 0 radical (unpaired) electrons. The Morgan fingerprint density at radius 3 is 2.71 bits per heavy atom. The van der Waals surface area contributed by atoms with Crippen LogP contribution in [-0.2, 0) is 9.53 Å². The van der Waals surface area contributed by atoms with Crippen LogP contribution in [0.2, 0.25) is 0 Å². The summed E-state index contributed by atoms with van der Waals surface area (Å²) in [5.74, 6) is 1.03. The number of carbonyl (C=O) groups excluding carboxylic acids is 2. The molecule has 0 bridgehead atoms. The van der Waals surface area contributed by atoms with Gasteiger partial charge in [-0.2, -0.15) is 0 Å². The van der Waals surface area contributed by atoms with Gasteiger partial charge in [0.15, 0.2) is 0 Å². The Balaban J connectivity index is 1.51. The Labute approximate surface area is 166 Å². The van der Waals surface area contributed by atoms with Crippen molar-refractivity contribution in [2.75, 3.05) is 17.2 Å². The Morgan fingerprint density at radius 1 is 1.36 bits per heavy atom. The highest BCUT2D eigenvalue weighted by Gasteiger charge is 2.62. The molecule has 1 aromatic rings. The van der Waals surface area contributed by atoms with Crippen LogP contribution in [0.15, 0.2) is 18.3 Å². The lowest BCUT2D eigenvalue weighted by atomic mass is 9.80. The molecular weight excluding hydrogens is 356 g/mol. The lowest BCUT2D eigenvalue weighted by molar-refractivity contribution is -0.117. The minimum Gasteiger partial charge on any atom is -0.444 e. The number of anilines is 2. The van der Waals surface area contributed by atoms with Crippen molar-refractivity contribution in [3.63, 3.8) is 0 Å². The van der Waals surface area contributed by atoms with E-state index >= 15 is 0 Å². The predicted octanol–water partition coefficient (Wildman–Crippen LogP) is 3.19. The molecule has 3 heterocycles. The maximum atomic E-state index is 12.8. The second-order valence-corrected chi connectivity index (χ2v) is 9.60. The Kier molecular flexibility index (Phi) is 4.32. The second-order valence-electron chi connectivity index (χ2n) is 9.60. The van der Waals surface area contributed by atoms with Crippen molar-refractivity contribution in [3.8, 4) is 0 Å². The zero-order valence-corrected chi connectivity index (χ0v) is 17.1. The number of carbonyl (C=O) groups is 2. The van der Waals surface area contributed by atoms with Crippen molar-refractivity contribution in [3.05, 3.63) is 18.3 Å². The van der Waals surface area contributed by atoms with E-state index in [9.17, 15) is 9.59 Å². The fourth-order valence-electron chi connectivity index (χ4n) is 5.41. The average Bonchev–Trinajstić information content (AvgIpc) is 3.06. The normalized spacial score (nSPS) is 31.9. The molecule has 2 saturated heterocycles. The van der Waals surface area contributed by atoms with Crippen LogP contribution in [0.4, 0.5) is 16.3 Å². The molecule has 2 aliphatic heterocycles. The van der Waals surface area contributed by atoms with E-state index in [1.165, 1.54) is 0 Å². The second kappa shape index (κ2) is 6.36. The molecule has 0 aromatic carbocycles. The average molecular weight is 386 g/mol. The van der Waals surface area contributed by atoms with E-state index in [2.05, 4.69) is 11.9 Å². The standard InChI is InChI=1S/C21H30N4O3/c1-5-15-14-8-21(9-16(14)25(15)19(27)28-20(2,3)4)10-18(26)24(12-21)13-6-7-17(22)23-11-13/h6-7,11,14-16H,5,8-10,12H2,1-4H3,(H2,22,23). The molecule has 7 heteroatoms. The van der Waals surface area contributed by atoms with Crippen LogP contribution in [0.5, 0.6) is 0 Å². The first-order chi connectivity index (χ1) is 13.1. The van der Waals surface area contributed by atoms with Crippen molar-refractivity contribution >= 4 is 23.5 Å². The molecule has 3 aliphatic rings. The number of nitrogens with two attached hydrogens (primary N) is 1. The lowest BCUT2D eigenvalue weighted by Crippen LogP contribution is -2.64. The van der Waals surface area contributed by atoms with Gasteiger partial charge in [-0.15, -0.1) is 0 Å². The Morgan fingerprint density at radius 2 is 2.11 bits per heavy atom. The molecule has 2 amide bonds. The molecule has 1 aliphatic carbocycles. The first kappa shape index (κ1) is 19.0. The molecule has 1 spiro atoms. The van der Waals surface area contributed by atoms with Crippen molar-refractivity contribution in [2.45, 2.75) is 71.1 Å². The number of ether oxygens (including phenoxy) is 1. The number of nitrogen functional groups attached to an aromatic ring is 1. The number of hydrogen-bond acceptors (Lipinski definition) is 5. The van der Waals surface area contributed by atoms with E-state index in [-0.39, 0.29) is 29.5 Å². The Hall–Kier alpha value is -2.31. The summed E-state index contributed by atoms with van der Waals surface area (Å²) in [5.41, 5.74) is 5.90. The van der Waals surface area contributed by atoms with Crippen molar-refractivity contribution in [1.82, 2.24) is 9.88 Å². The fourth-order valence-corrected chi connectivity index (χ4v) is 5.41. The van der Waals surface area contributed by atoms with Gasteiger partial charge in [0.25, 0.3) is 0 Å². The first-order valence-electron chi connectivity index (χ1n) is 10.2. The fraction of sp³-hybridized carbons (Fsp3) is 0.667. The minimum atomic E-state index is -0.501. The third-order valence-electron chi connectivity index (χ3n) is 6.44. The summed E-state index contributed by atoms with van der Waals surface area (Å²) in [6.45, 7) is 8.49. The zero-order chi connectivity index (χ0) is 20.3. The number of nitrogens with zero attached hydrogens (tertiary/aromatic N) is 3. The summed E-state index contributed by atoms with van der Waals surface area (Å²) in [6.07, 6.45) is 4.73. The summed E-state index contributed by atoms with van der Waals surface area (Å²) < 4.78 is 5.65. The predicted molar refractivity (Wildman–Crippen MR) is 107 cm³/mol. The number of hydrogen-bond donors (Lipinski definition) is 1. The summed E-state index contributed by atoms with van der Waals surface area (Å²) in [7, 11) is 0. The van der Waals surface area contributed by atoms with E-state index in [1.807, 2.05) is 36.6 Å². The highest BCUT2D eigenvalue weighted by atomic mass is 16.6. The van der Waals surface area contributed by atoms with E-state index in [4.69, 9.17) is 10.5 Å². The molecule has 4 unspecified atom stereocenters. The maximum Gasteiger partial charge on any atom is 0.410 e. The van der Waals surface area contributed by atoms with Gasteiger partial charge in [0, 0.05) is 31.0 Å². The smallest absolute Gasteiger partial charge is 0.410 e. The van der Waals surface area contributed by atoms with Crippen molar-refractivity contribution < 1.29 is 14.3 Å². The molecule has 1 saturated carbocycles. The van der Waals surface area contributed by atoms with Crippen LogP contribution in [0.3, 0.4) is 0 Å². The molecule has 7 nitrogen and oxygen atoms in total. The summed E-state index contributed by atoms with van der Waals surface area (Å²) in [5, 5.41) is 0. The molecule has 152 valence electrons. The van der Waals surface area contributed by atoms with Gasteiger partial charge in [-0.1, -0.05) is 6.92 Å². The first-order valence-corrected chi connectivity index (χ1v) is 10.2. The number of pyridine rings is 1. The van der Waals surface area contributed by atoms with Gasteiger partial charge < -0.3 is 20.3 Å². The van der Waals surface area contributed by atoms with Gasteiger partial charge in [-0.3, -0.25) is 4.79 Å². The van der Waals surface area contributed by atoms with E-state index in [0.29, 0.717) is 24.7 Å². The van der Waals surface area contributed by atoms with Gasteiger partial charge in [-0.25, -0.2) is 9.78 Å².